The number of alkyl halides is 2. The van der Waals surface area contributed by atoms with Gasteiger partial charge in [0.25, 0.3) is 6.43 Å². The summed E-state index contributed by atoms with van der Waals surface area (Å²) in [6.07, 6.45) is 3.45. The van der Waals surface area contributed by atoms with Crippen molar-refractivity contribution < 1.29 is 13.6 Å². The van der Waals surface area contributed by atoms with Gasteiger partial charge in [-0.25, -0.2) is 18.0 Å². The molecule has 0 spiro atoms. The number of aromatic nitrogens is 4. The molecule has 0 aromatic carbocycles. The van der Waals surface area contributed by atoms with Crippen molar-refractivity contribution >= 4 is 17.1 Å². The van der Waals surface area contributed by atoms with Gasteiger partial charge in [-0.2, -0.15) is 15.5 Å². The van der Waals surface area contributed by atoms with E-state index in [9.17, 15) is 13.6 Å². The SMILES string of the molecule is N#CC1CCN(c2ccnn3cc(-n4cc(C(F)F)cn4)cc23)C1=O. The highest BCUT2D eigenvalue weighted by Crippen LogP contribution is 2.30. The normalized spacial score (nSPS) is 17.6. The van der Waals surface area contributed by atoms with Gasteiger partial charge in [0.1, 0.15) is 5.92 Å². The van der Waals surface area contributed by atoms with Crippen molar-refractivity contribution in [3.63, 3.8) is 0 Å². The van der Waals surface area contributed by atoms with E-state index < -0.39 is 12.3 Å². The quantitative estimate of drug-likeness (QED) is 0.732. The molecule has 0 N–H and O–H groups in total. The highest BCUT2D eigenvalue weighted by molar-refractivity contribution is 6.02. The maximum absolute atomic E-state index is 12.7. The van der Waals surface area contributed by atoms with Gasteiger partial charge in [0.2, 0.25) is 5.91 Å². The summed E-state index contributed by atoms with van der Waals surface area (Å²) in [5.74, 6) is -0.875. The van der Waals surface area contributed by atoms with E-state index in [0.717, 1.165) is 6.20 Å². The maximum Gasteiger partial charge on any atom is 0.266 e. The molecule has 0 bridgehead atoms. The highest BCUT2D eigenvalue weighted by atomic mass is 19.3. The topological polar surface area (TPSA) is 79.2 Å². The predicted molar refractivity (Wildman–Crippen MR) is 83.3 cm³/mol. The molecule has 3 aromatic heterocycles. The zero-order valence-electron chi connectivity index (χ0n) is 12.9. The molecule has 1 aliphatic heterocycles. The number of halogens is 2. The lowest BCUT2D eigenvalue weighted by molar-refractivity contribution is -0.118. The van der Waals surface area contributed by atoms with E-state index >= 15 is 0 Å². The molecule has 7 nitrogen and oxygen atoms in total. The zero-order valence-corrected chi connectivity index (χ0v) is 12.9. The molecule has 4 heterocycles. The van der Waals surface area contributed by atoms with Crippen LogP contribution in [-0.4, -0.2) is 31.8 Å². The zero-order chi connectivity index (χ0) is 17.6. The summed E-state index contributed by atoms with van der Waals surface area (Å²) in [5.41, 5.74) is 1.65. The van der Waals surface area contributed by atoms with Gasteiger partial charge in [-0.05, 0) is 18.6 Å². The predicted octanol–water partition coefficient (Wildman–Crippen LogP) is 2.33. The molecule has 1 aliphatic rings. The van der Waals surface area contributed by atoms with E-state index in [0.29, 0.717) is 29.9 Å². The van der Waals surface area contributed by atoms with Gasteiger partial charge in [-0.3, -0.25) is 4.79 Å². The molecule has 126 valence electrons. The first kappa shape index (κ1) is 15.3. The van der Waals surface area contributed by atoms with Gasteiger partial charge in [0.05, 0.1) is 40.9 Å². The average Bonchev–Trinajstić information content (AvgIpc) is 3.31. The summed E-state index contributed by atoms with van der Waals surface area (Å²) in [5, 5.41) is 17.2. The average molecular weight is 342 g/mol. The molecule has 1 atom stereocenters. The minimum Gasteiger partial charge on any atom is -0.309 e. The number of hydrogen-bond acceptors (Lipinski definition) is 4. The Balaban J connectivity index is 1.77. The molecule has 0 radical (unpaired) electrons. The van der Waals surface area contributed by atoms with Gasteiger partial charge in [0, 0.05) is 18.9 Å². The van der Waals surface area contributed by atoms with Crippen LogP contribution in [0.4, 0.5) is 14.5 Å². The Hall–Kier alpha value is -3.28. The third-order valence-electron chi connectivity index (χ3n) is 4.24. The first-order chi connectivity index (χ1) is 12.1. The van der Waals surface area contributed by atoms with Crippen LogP contribution in [0.2, 0.25) is 0 Å². The summed E-state index contributed by atoms with van der Waals surface area (Å²) in [7, 11) is 0. The second-order valence-corrected chi connectivity index (χ2v) is 5.72. The number of nitrogens with zero attached hydrogens (tertiary/aromatic N) is 6. The van der Waals surface area contributed by atoms with Crippen LogP contribution in [0.3, 0.4) is 0 Å². The minimum atomic E-state index is -2.59. The van der Waals surface area contributed by atoms with Crippen LogP contribution in [0, 0.1) is 17.2 Å². The van der Waals surface area contributed by atoms with E-state index in [4.69, 9.17) is 5.26 Å². The van der Waals surface area contributed by atoms with Gasteiger partial charge in [-0.15, -0.1) is 0 Å². The molecule has 0 aliphatic carbocycles. The fraction of sp³-hybridized carbons (Fsp3) is 0.250. The van der Waals surface area contributed by atoms with Crippen molar-refractivity contribution in [1.82, 2.24) is 19.4 Å². The fourth-order valence-electron chi connectivity index (χ4n) is 2.97. The lowest BCUT2D eigenvalue weighted by atomic mass is 10.1. The van der Waals surface area contributed by atoms with Crippen molar-refractivity contribution in [2.24, 2.45) is 5.92 Å². The van der Waals surface area contributed by atoms with E-state index in [1.54, 1.807) is 33.9 Å². The Morgan fingerprint density at radius 1 is 1.32 bits per heavy atom. The van der Waals surface area contributed by atoms with Crippen LogP contribution >= 0.6 is 0 Å². The summed E-state index contributed by atoms with van der Waals surface area (Å²) in [4.78, 5) is 13.9. The lowest BCUT2D eigenvalue weighted by Gasteiger charge is -2.16. The lowest BCUT2D eigenvalue weighted by Crippen LogP contribution is -2.27. The largest absolute Gasteiger partial charge is 0.309 e. The molecular weight excluding hydrogens is 330 g/mol. The Bertz CT molecular complexity index is 1000. The van der Waals surface area contributed by atoms with Gasteiger partial charge in [0.15, 0.2) is 0 Å². The van der Waals surface area contributed by atoms with Gasteiger partial charge in [-0.1, -0.05) is 0 Å². The summed E-state index contributed by atoms with van der Waals surface area (Å²) >= 11 is 0. The molecular formula is C16H12F2N6O. The fourth-order valence-corrected chi connectivity index (χ4v) is 2.97. The van der Waals surface area contributed by atoms with Crippen molar-refractivity contribution in [2.75, 3.05) is 11.4 Å². The van der Waals surface area contributed by atoms with Crippen LogP contribution < -0.4 is 4.90 Å². The summed E-state index contributed by atoms with van der Waals surface area (Å²) in [6, 6.07) is 5.43. The second-order valence-electron chi connectivity index (χ2n) is 5.72. The van der Waals surface area contributed by atoms with Crippen LogP contribution in [0.25, 0.3) is 11.2 Å². The molecule has 0 saturated carbocycles. The molecule has 3 aromatic rings. The third-order valence-corrected chi connectivity index (χ3v) is 4.24. The van der Waals surface area contributed by atoms with Crippen molar-refractivity contribution in [1.29, 1.82) is 5.26 Å². The molecule has 25 heavy (non-hydrogen) atoms. The molecule has 9 heteroatoms. The van der Waals surface area contributed by atoms with E-state index in [1.807, 2.05) is 6.07 Å². The highest BCUT2D eigenvalue weighted by Gasteiger charge is 2.33. The Labute approximate surface area is 140 Å². The van der Waals surface area contributed by atoms with Crippen LogP contribution in [0.5, 0.6) is 0 Å². The third kappa shape index (κ3) is 2.42. The van der Waals surface area contributed by atoms with Crippen molar-refractivity contribution in [3.8, 4) is 11.8 Å². The number of amides is 1. The summed E-state index contributed by atoms with van der Waals surface area (Å²) < 4.78 is 28.4. The smallest absolute Gasteiger partial charge is 0.266 e. The first-order valence-corrected chi connectivity index (χ1v) is 7.60. The molecule has 1 saturated heterocycles. The number of carbonyl (C=O) groups is 1. The Kier molecular flexibility index (Phi) is 3.46. The molecule has 4 rings (SSSR count). The Morgan fingerprint density at radius 3 is 2.84 bits per heavy atom. The molecule has 1 fully saturated rings. The number of anilines is 1. The number of nitriles is 1. The number of carbonyl (C=O) groups excluding carboxylic acids is 1. The van der Waals surface area contributed by atoms with Gasteiger partial charge >= 0.3 is 0 Å². The van der Waals surface area contributed by atoms with Gasteiger partial charge < -0.3 is 4.90 Å². The van der Waals surface area contributed by atoms with E-state index in [1.165, 1.54) is 10.9 Å². The maximum atomic E-state index is 12.7. The number of rotatable bonds is 3. The van der Waals surface area contributed by atoms with Crippen LogP contribution in [-0.2, 0) is 4.79 Å². The first-order valence-electron chi connectivity index (χ1n) is 7.60. The number of hydrogen-bond donors (Lipinski definition) is 0. The monoisotopic (exact) mass is 342 g/mol. The molecule has 1 amide bonds. The number of fused-ring (bicyclic) bond motifs is 1. The van der Waals surface area contributed by atoms with Crippen molar-refractivity contribution in [3.05, 3.63) is 42.5 Å². The summed E-state index contributed by atoms with van der Waals surface area (Å²) in [6.45, 7) is 0.453. The second kappa shape index (κ2) is 5.66. The molecule has 1 unspecified atom stereocenters. The van der Waals surface area contributed by atoms with Crippen molar-refractivity contribution in [2.45, 2.75) is 12.8 Å². The van der Waals surface area contributed by atoms with Crippen LogP contribution in [0.15, 0.2) is 36.9 Å². The minimum absolute atomic E-state index is 0.171. The standard InChI is InChI=1S/C16H12F2N6O/c17-15(18)11-7-21-23(8-11)12-5-14-13(1-3-20-24(14)9-12)22-4-2-10(6-19)16(22)25/h1,3,5,7-10,15H,2,4H2. The van der Waals surface area contributed by atoms with E-state index in [-0.39, 0.29) is 11.5 Å². The van der Waals surface area contributed by atoms with E-state index in [2.05, 4.69) is 10.2 Å². The van der Waals surface area contributed by atoms with Crippen LogP contribution in [0.1, 0.15) is 18.4 Å². The Morgan fingerprint density at radius 2 is 2.16 bits per heavy atom.